The topological polar surface area (TPSA) is 55.8 Å². The molecule has 2 aromatic rings. The Labute approximate surface area is 171 Å². The van der Waals surface area contributed by atoms with Crippen LogP contribution in [-0.2, 0) is 6.61 Å². The number of likely N-dealkylation sites (tertiary alicyclic amines) is 1. The number of nitrogens with zero attached hydrogens (tertiary/aromatic N) is 1. The predicted molar refractivity (Wildman–Crippen MR) is 111 cm³/mol. The SMILES string of the molecule is CC1(C)CC(=O)c2cc(OCc3ccc(C(=O)N4CCCCC4)cc3)ccc2O1. The first-order chi connectivity index (χ1) is 13.9. The van der Waals surface area contributed by atoms with E-state index in [4.69, 9.17) is 9.47 Å². The fraction of sp³-hybridized carbons (Fsp3) is 0.417. The van der Waals surface area contributed by atoms with Crippen LogP contribution in [-0.4, -0.2) is 35.3 Å². The van der Waals surface area contributed by atoms with Gasteiger partial charge in [-0.05, 0) is 69.0 Å². The number of hydrogen-bond acceptors (Lipinski definition) is 4. The monoisotopic (exact) mass is 393 g/mol. The van der Waals surface area contributed by atoms with Crippen LogP contribution in [0.15, 0.2) is 42.5 Å². The maximum absolute atomic E-state index is 12.6. The van der Waals surface area contributed by atoms with Crippen molar-refractivity contribution in [1.29, 1.82) is 0 Å². The molecule has 0 aromatic heterocycles. The summed E-state index contributed by atoms with van der Waals surface area (Å²) in [5.41, 5.74) is 1.79. The molecule has 152 valence electrons. The number of Topliss-reactive ketones (excluding diaryl/α,β-unsaturated/α-hetero) is 1. The number of ether oxygens (including phenoxy) is 2. The maximum Gasteiger partial charge on any atom is 0.253 e. The van der Waals surface area contributed by atoms with E-state index in [0.717, 1.165) is 37.1 Å². The van der Waals surface area contributed by atoms with Crippen molar-refractivity contribution in [2.24, 2.45) is 0 Å². The fourth-order valence-electron chi connectivity index (χ4n) is 3.91. The van der Waals surface area contributed by atoms with Crippen molar-refractivity contribution in [1.82, 2.24) is 4.90 Å². The summed E-state index contributed by atoms with van der Waals surface area (Å²) in [7, 11) is 0. The summed E-state index contributed by atoms with van der Waals surface area (Å²) in [5, 5.41) is 0. The van der Waals surface area contributed by atoms with Gasteiger partial charge in [0.1, 0.15) is 23.7 Å². The van der Waals surface area contributed by atoms with Gasteiger partial charge in [-0.3, -0.25) is 9.59 Å². The molecule has 0 aliphatic carbocycles. The largest absolute Gasteiger partial charge is 0.489 e. The Morgan fingerprint density at radius 2 is 1.79 bits per heavy atom. The first-order valence-electron chi connectivity index (χ1n) is 10.3. The van der Waals surface area contributed by atoms with E-state index in [-0.39, 0.29) is 11.7 Å². The van der Waals surface area contributed by atoms with Crippen LogP contribution in [0.3, 0.4) is 0 Å². The number of carbonyl (C=O) groups excluding carboxylic acids is 2. The highest BCUT2D eigenvalue weighted by atomic mass is 16.5. The summed E-state index contributed by atoms with van der Waals surface area (Å²) < 4.78 is 11.8. The van der Waals surface area contributed by atoms with Crippen LogP contribution < -0.4 is 9.47 Å². The normalized spacial score (nSPS) is 18.0. The summed E-state index contributed by atoms with van der Waals surface area (Å²) in [6, 6.07) is 12.9. The van der Waals surface area contributed by atoms with Gasteiger partial charge in [-0.2, -0.15) is 0 Å². The average molecular weight is 393 g/mol. The molecule has 4 rings (SSSR count). The molecule has 0 N–H and O–H groups in total. The van der Waals surface area contributed by atoms with Crippen molar-refractivity contribution in [3.8, 4) is 11.5 Å². The van der Waals surface area contributed by atoms with Gasteiger partial charge in [0.25, 0.3) is 5.91 Å². The minimum absolute atomic E-state index is 0.0716. The van der Waals surface area contributed by atoms with E-state index in [2.05, 4.69) is 0 Å². The van der Waals surface area contributed by atoms with Crippen molar-refractivity contribution in [2.45, 2.75) is 51.7 Å². The number of ketones is 1. The third-order valence-electron chi connectivity index (χ3n) is 5.47. The van der Waals surface area contributed by atoms with Gasteiger partial charge in [0.2, 0.25) is 0 Å². The Morgan fingerprint density at radius 3 is 2.52 bits per heavy atom. The van der Waals surface area contributed by atoms with E-state index < -0.39 is 5.60 Å². The van der Waals surface area contributed by atoms with Crippen LogP contribution in [0.1, 0.15) is 65.8 Å². The highest BCUT2D eigenvalue weighted by molar-refractivity contribution is 6.00. The summed E-state index contributed by atoms with van der Waals surface area (Å²) in [5.74, 6) is 1.42. The molecule has 0 spiro atoms. The zero-order valence-corrected chi connectivity index (χ0v) is 17.1. The number of hydrogen-bond donors (Lipinski definition) is 0. The van der Waals surface area contributed by atoms with E-state index in [9.17, 15) is 9.59 Å². The standard InChI is InChI=1S/C24H27NO4/c1-24(2)15-21(26)20-14-19(10-11-22(20)29-24)28-16-17-6-8-18(9-7-17)23(27)25-12-4-3-5-13-25/h6-11,14H,3-5,12-13,15-16H2,1-2H3. The number of benzene rings is 2. The highest BCUT2D eigenvalue weighted by Gasteiger charge is 2.32. The lowest BCUT2D eigenvalue weighted by molar-refractivity contribution is 0.0618. The Hall–Kier alpha value is -2.82. The van der Waals surface area contributed by atoms with Gasteiger partial charge in [-0.1, -0.05) is 12.1 Å². The molecule has 2 heterocycles. The molecule has 1 fully saturated rings. The average Bonchev–Trinajstić information content (AvgIpc) is 2.72. The number of amides is 1. The van der Waals surface area contributed by atoms with Gasteiger partial charge in [0.05, 0.1) is 12.0 Å². The number of rotatable bonds is 4. The first kappa shape index (κ1) is 19.5. The summed E-state index contributed by atoms with van der Waals surface area (Å²) in [4.78, 5) is 26.9. The number of piperidine rings is 1. The lowest BCUT2D eigenvalue weighted by Crippen LogP contribution is -2.35. The van der Waals surface area contributed by atoms with Crippen molar-refractivity contribution in [2.75, 3.05) is 13.1 Å². The molecule has 2 aliphatic heterocycles. The molecule has 1 amide bonds. The van der Waals surface area contributed by atoms with Gasteiger partial charge in [-0.15, -0.1) is 0 Å². The first-order valence-corrected chi connectivity index (χ1v) is 10.3. The molecular formula is C24H27NO4. The second-order valence-electron chi connectivity index (χ2n) is 8.46. The van der Waals surface area contributed by atoms with E-state index >= 15 is 0 Å². The van der Waals surface area contributed by atoms with Gasteiger partial charge in [-0.25, -0.2) is 0 Å². The molecule has 5 nitrogen and oxygen atoms in total. The van der Waals surface area contributed by atoms with Crippen molar-refractivity contribution >= 4 is 11.7 Å². The second-order valence-corrected chi connectivity index (χ2v) is 8.46. The predicted octanol–water partition coefficient (Wildman–Crippen LogP) is 4.64. The molecule has 1 saturated heterocycles. The molecule has 5 heteroatoms. The quantitative estimate of drug-likeness (QED) is 0.760. The van der Waals surface area contributed by atoms with Crippen LogP contribution in [0.25, 0.3) is 0 Å². The summed E-state index contributed by atoms with van der Waals surface area (Å²) in [6.45, 7) is 5.90. The number of fused-ring (bicyclic) bond motifs is 1. The lowest BCUT2D eigenvalue weighted by Gasteiger charge is -2.31. The molecule has 2 aromatic carbocycles. The summed E-state index contributed by atoms with van der Waals surface area (Å²) >= 11 is 0. The van der Waals surface area contributed by atoms with Crippen molar-refractivity contribution < 1.29 is 19.1 Å². The van der Waals surface area contributed by atoms with Crippen LogP contribution in [0.2, 0.25) is 0 Å². The van der Waals surface area contributed by atoms with Crippen molar-refractivity contribution in [3.63, 3.8) is 0 Å². The van der Waals surface area contributed by atoms with Gasteiger partial charge in [0.15, 0.2) is 5.78 Å². The molecule has 0 unspecified atom stereocenters. The molecule has 29 heavy (non-hydrogen) atoms. The van der Waals surface area contributed by atoms with Crippen molar-refractivity contribution in [3.05, 3.63) is 59.2 Å². The van der Waals surface area contributed by atoms with Gasteiger partial charge >= 0.3 is 0 Å². The van der Waals surface area contributed by atoms with Crippen LogP contribution in [0, 0.1) is 0 Å². The second kappa shape index (κ2) is 7.90. The fourth-order valence-corrected chi connectivity index (χ4v) is 3.91. The minimum atomic E-state index is -0.472. The highest BCUT2D eigenvalue weighted by Crippen LogP contribution is 2.35. The maximum atomic E-state index is 12.6. The molecular weight excluding hydrogens is 366 g/mol. The zero-order chi connectivity index (χ0) is 20.4. The Morgan fingerprint density at radius 1 is 1.07 bits per heavy atom. The Balaban J connectivity index is 1.39. The molecule has 0 bridgehead atoms. The van der Waals surface area contributed by atoms with E-state index in [1.807, 2.05) is 49.1 Å². The molecule has 0 saturated carbocycles. The van der Waals surface area contributed by atoms with Crippen LogP contribution in [0.4, 0.5) is 0 Å². The molecule has 2 aliphatic rings. The van der Waals surface area contributed by atoms with Crippen LogP contribution in [0.5, 0.6) is 11.5 Å². The van der Waals surface area contributed by atoms with E-state index in [0.29, 0.717) is 30.1 Å². The molecule has 0 radical (unpaired) electrons. The van der Waals surface area contributed by atoms with E-state index in [1.165, 1.54) is 6.42 Å². The lowest BCUT2D eigenvalue weighted by atomic mass is 9.93. The smallest absolute Gasteiger partial charge is 0.253 e. The minimum Gasteiger partial charge on any atom is -0.489 e. The third kappa shape index (κ3) is 4.44. The van der Waals surface area contributed by atoms with E-state index in [1.54, 1.807) is 12.1 Å². The Kier molecular flexibility index (Phi) is 5.31. The van der Waals surface area contributed by atoms with Gasteiger partial charge < -0.3 is 14.4 Å². The Bertz CT molecular complexity index is 911. The summed E-state index contributed by atoms with van der Waals surface area (Å²) in [6.07, 6.45) is 3.74. The zero-order valence-electron chi connectivity index (χ0n) is 17.1. The van der Waals surface area contributed by atoms with Gasteiger partial charge in [0, 0.05) is 18.7 Å². The molecule has 0 atom stereocenters. The van der Waals surface area contributed by atoms with Crippen LogP contribution >= 0.6 is 0 Å². The third-order valence-corrected chi connectivity index (χ3v) is 5.47. The number of carbonyl (C=O) groups is 2.